The van der Waals surface area contributed by atoms with E-state index in [1.165, 1.54) is 5.57 Å². The highest BCUT2D eigenvalue weighted by Crippen LogP contribution is 2.88. The van der Waals surface area contributed by atoms with Crippen molar-refractivity contribution < 1.29 is 29.6 Å². The number of fused-ring (bicyclic) bond motifs is 4. The predicted octanol–water partition coefficient (Wildman–Crippen LogP) is 3.76. The van der Waals surface area contributed by atoms with Gasteiger partial charge in [0.1, 0.15) is 18.0 Å². The number of hydrogen-bond acceptors (Lipinski definition) is 6. The van der Waals surface area contributed by atoms with Crippen LogP contribution in [-0.2, 0) is 14.3 Å². The summed E-state index contributed by atoms with van der Waals surface area (Å²) in [5, 5.41) is 35.4. The Bertz CT molecular complexity index is 1090. The number of allylic oxidation sites excluding steroid dienone is 1. The van der Waals surface area contributed by atoms with E-state index in [1.807, 2.05) is 0 Å². The minimum absolute atomic E-state index is 0.0788. The fourth-order valence-electron chi connectivity index (χ4n) is 11.7. The standard InChI is InChI=1S/C30H44O6/c1-15-12-16-22(25(4,5)34)36-30(35-16)21(15)26(6)13-20(32)29-14-28(29)11-10-19(31)24(2,3)17(28)8-9-18(29)27(26,7)23(30)33/h9,15-17,20-23,32-34H,8,10-14H2,1-7H3. The molecule has 4 saturated carbocycles. The van der Waals surface area contributed by atoms with Crippen molar-refractivity contribution in [2.75, 3.05) is 0 Å². The van der Waals surface area contributed by atoms with E-state index < -0.39 is 45.9 Å². The molecule has 6 fully saturated rings. The van der Waals surface area contributed by atoms with Crippen LogP contribution in [0.4, 0.5) is 0 Å². The van der Waals surface area contributed by atoms with Gasteiger partial charge < -0.3 is 24.8 Å². The summed E-state index contributed by atoms with van der Waals surface area (Å²) in [7, 11) is 0. The van der Waals surface area contributed by atoms with Crippen molar-refractivity contribution in [2.45, 2.75) is 123 Å². The zero-order valence-electron chi connectivity index (χ0n) is 22.9. The molecule has 7 rings (SSSR count). The van der Waals surface area contributed by atoms with Crippen LogP contribution < -0.4 is 0 Å². The van der Waals surface area contributed by atoms with Gasteiger partial charge in [-0.1, -0.05) is 46.3 Å². The molecule has 6 heteroatoms. The summed E-state index contributed by atoms with van der Waals surface area (Å²) in [6, 6.07) is 0. The zero-order valence-corrected chi connectivity index (χ0v) is 22.9. The number of aliphatic hydroxyl groups is 3. The first-order valence-electron chi connectivity index (χ1n) is 14.2. The Morgan fingerprint density at radius 3 is 2.47 bits per heavy atom. The fraction of sp³-hybridized carbons (Fsp3) is 0.900. The SMILES string of the molecule is CC1CC2OC3(OC2C(C)(C)O)C1C1(C)CC(O)C24CC25CCC(=O)C(C)(C)C5CC=C4C1(C)C3O. The molecule has 3 N–H and O–H groups in total. The van der Waals surface area contributed by atoms with E-state index in [9.17, 15) is 20.1 Å². The van der Waals surface area contributed by atoms with Gasteiger partial charge in [0.25, 0.3) is 0 Å². The number of hydrogen-bond donors (Lipinski definition) is 3. The Balaban J connectivity index is 1.40. The first-order chi connectivity index (χ1) is 16.5. The number of aliphatic hydroxyl groups excluding tert-OH is 2. The molecule has 12 unspecified atom stereocenters. The van der Waals surface area contributed by atoms with Crippen molar-refractivity contribution in [3.63, 3.8) is 0 Å². The third kappa shape index (κ3) is 2.20. The molecule has 0 aromatic carbocycles. The van der Waals surface area contributed by atoms with E-state index in [1.54, 1.807) is 13.8 Å². The fourth-order valence-corrected chi connectivity index (χ4v) is 11.7. The van der Waals surface area contributed by atoms with E-state index in [4.69, 9.17) is 9.47 Å². The molecule has 12 atom stereocenters. The summed E-state index contributed by atoms with van der Waals surface area (Å²) in [5.74, 6) is -0.509. The maximum absolute atomic E-state index is 12.9. The molecule has 200 valence electrons. The van der Waals surface area contributed by atoms with Gasteiger partial charge in [0.05, 0.1) is 17.8 Å². The van der Waals surface area contributed by atoms with Crippen molar-refractivity contribution in [3.8, 4) is 0 Å². The molecule has 0 aromatic rings. The molecule has 6 nitrogen and oxygen atoms in total. The van der Waals surface area contributed by atoms with Crippen LogP contribution in [0.3, 0.4) is 0 Å². The Morgan fingerprint density at radius 2 is 1.81 bits per heavy atom. The number of Topliss-reactive ketones (excluding diaryl/α,β-unsaturated/α-hetero) is 1. The number of carbonyl (C=O) groups excluding carboxylic acids is 1. The number of carbonyl (C=O) groups is 1. The van der Waals surface area contributed by atoms with Gasteiger partial charge in [-0.05, 0) is 68.6 Å². The van der Waals surface area contributed by atoms with Crippen LogP contribution in [0.1, 0.15) is 87.0 Å². The molecule has 3 spiro atoms. The normalized spacial score (nSPS) is 60.3. The molecule has 0 amide bonds. The highest BCUT2D eigenvalue weighted by Gasteiger charge is 2.88. The second kappa shape index (κ2) is 6.33. The third-order valence-corrected chi connectivity index (χ3v) is 13.3. The van der Waals surface area contributed by atoms with Gasteiger partial charge in [0, 0.05) is 28.6 Å². The molecular weight excluding hydrogens is 456 g/mol. The number of ketones is 1. The lowest BCUT2D eigenvalue weighted by atomic mass is 9.44. The van der Waals surface area contributed by atoms with Crippen LogP contribution in [0.15, 0.2) is 11.6 Å². The van der Waals surface area contributed by atoms with Crippen LogP contribution in [0.5, 0.6) is 0 Å². The van der Waals surface area contributed by atoms with Crippen molar-refractivity contribution in [2.24, 2.45) is 44.8 Å². The van der Waals surface area contributed by atoms with Crippen molar-refractivity contribution >= 4 is 5.78 Å². The summed E-state index contributed by atoms with van der Waals surface area (Å²) < 4.78 is 13.4. The first-order valence-corrected chi connectivity index (χ1v) is 14.2. The van der Waals surface area contributed by atoms with Crippen LogP contribution in [0, 0.1) is 44.8 Å². The number of ether oxygens (including phenoxy) is 2. The second-order valence-corrected chi connectivity index (χ2v) is 15.4. The topological polar surface area (TPSA) is 96.2 Å². The van der Waals surface area contributed by atoms with E-state index in [-0.39, 0.29) is 34.7 Å². The van der Waals surface area contributed by atoms with Gasteiger partial charge in [0.15, 0.2) is 5.79 Å². The minimum Gasteiger partial charge on any atom is -0.392 e. The van der Waals surface area contributed by atoms with Gasteiger partial charge in [0.2, 0.25) is 0 Å². The van der Waals surface area contributed by atoms with E-state index in [2.05, 4.69) is 40.7 Å². The second-order valence-electron chi connectivity index (χ2n) is 15.4. The van der Waals surface area contributed by atoms with E-state index in [0.717, 1.165) is 25.7 Å². The Hall–Kier alpha value is -0.790. The molecule has 0 aromatic heterocycles. The maximum Gasteiger partial charge on any atom is 0.199 e. The minimum atomic E-state index is -1.19. The lowest BCUT2D eigenvalue weighted by Crippen LogP contribution is -2.59. The molecule has 2 aliphatic heterocycles. The highest BCUT2D eigenvalue weighted by atomic mass is 16.8. The van der Waals surface area contributed by atoms with Gasteiger partial charge in [-0.2, -0.15) is 0 Å². The summed E-state index contributed by atoms with van der Waals surface area (Å²) in [6.45, 7) is 14.4. The quantitative estimate of drug-likeness (QED) is 0.475. The number of rotatable bonds is 1. The van der Waals surface area contributed by atoms with Crippen molar-refractivity contribution in [1.82, 2.24) is 0 Å². The van der Waals surface area contributed by atoms with Crippen LogP contribution in [0.2, 0.25) is 0 Å². The lowest BCUT2D eigenvalue weighted by molar-refractivity contribution is -0.280. The molecule has 2 saturated heterocycles. The van der Waals surface area contributed by atoms with Gasteiger partial charge >= 0.3 is 0 Å². The smallest absolute Gasteiger partial charge is 0.199 e. The maximum atomic E-state index is 12.9. The molecule has 36 heavy (non-hydrogen) atoms. The first kappa shape index (κ1) is 24.3. The third-order valence-electron chi connectivity index (χ3n) is 13.3. The molecule has 2 heterocycles. The Morgan fingerprint density at radius 1 is 1.11 bits per heavy atom. The lowest BCUT2D eigenvalue weighted by Gasteiger charge is -2.60. The predicted molar refractivity (Wildman–Crippen MR) is 133 cm³/mol. The summed E-state index contributed by atoms with van der Waals surface area (Å²) in [5.41, 5.74) is -1.82. The highest BCUT2D eigenvalue weighted by molar-refractivity contribution is 5.86. The molecule has 0 radical (unpaired) electrons. The molecule has 7 aliphatic rings. The average Bonchev–Trinajstić information content (AvgIpc) is 3.32. The van der Waals surface area contributed by atoms with Crippen molar-refractivity contribution in [3.05, 3.63) is 11.6 Å². The van der Waals surface area contributed by atoms with Crippen LogP contribution >= 0.6 is 0 Å². The molecule has 2 bridgehead atoms. The monoisotopic (exact) mass is 500 g/mol. The van der Waals surface area contributed by atoms with Crippen molar-refractivity contribution in [1.29, 1.82) is 0 Å². The largest absolute Gasteiger partial charge is 0.392 e. The Labute approximate surface area is 214 Å². The van der Waals surface area contributed by atoms with Crippen LogP contribution in [-0.4, -0.2) is 56.9 Å². The van der Waals surface area contributed by atoms with E-state index >= 15 is 0 Å². The van der Waals surface area contributed by atoms with Crippen LogP contribution in [0.25, 0.3) is 0 Å². The summed E-state index contributed by atoms with van der Waals surface area (Å²) in [4.78, 5) is 12.9. The molecule has 5 aliphatic carbocycles. The van der Waals surface area contributed by atoms with Gasteiger partial charge in [-0.15, -0.1) is 0 Å². The Kier molecular flexibility index (Phi) is 4.27. The molecular formula is C30H44O6. The summed E-state index contributed by atoms with van der Waals surface area (Å²) in [6.07, 6.45) is 4.58. The van der Waals surface area contributed by atoms with E-state index in [0.29, 0.717) is 18.6 Å². The summed E-state index contributed by atoms with van der Waals surface area (Å²) >= 11 is 0. The van der Waals surface area contributed by atoms with Gasteiger partial charge in [-0.3, -0.25) is 4.79 Å². The zero-order chi connectivity index (χ0) is 26.1. The van der Waals surface area contributed by atoms with Gasteiger partial charge in [-0.25, -0.2) is 0 Å². The average molecular weight is 501 g/mol.